The van der Waals surface area contributed by atoms with Crippen LogP contribution in [-0.2, 0) is 33.3 Å². The Morgan fingerprint density at radius 2 is 1.63 bits per heavy atom. The molecule has 1 heterocycles. The number of epoxide rings is 1. The zero-order chi connectivity index (χ0) is 31.6. The molecule has 0 amide bonds. The Labute approximate surface area is 252 Å². The molecule has 1 saturated heterocycles. The maximum Gasteiger partial charge on any atom is 0.338 e. The second-order valence-electron chi connectivity index (χ2n) is 13.4. The molecule has 1 aliphatic heterocycles. The molecule has 0 radical (unpaired) electrons. The minimum absolute atomic E-state index is 0.246. The minimum Gasteiger partial charge on any atom is -0.461 e. The highest BCUT2D eigenvalue weighted by atomic mass is 16.7. The number of hydrogen-bond donors (Lipinski definition) is 1. The van der Waals surface area contributed by atoms with Crippen LogP contribution in [0, 0.1) is 29.1 Å². The zero-order valence-corrected chi connectivity index (χ0v) is 26.1. The van der Waals surface area contributed by atoms with E-state index in [1.807, 2.05) is 20.8 Å². The van der Waals surface area contributed by atoms with Crippen molar-refractivity contribution in [2.75, 3.05) is 0 Å². The summed E-state index contributed by atoms with van der Waals surface area (Å²) in [6, 6.07) is 8.58. The van der Waals surface area contributed by atoms with Crippen molar-refractivity contribution in [1.82, 2.24) is 0 Å². The Bertz CT molecular complexity index is 1390. The molecule has 4 aliphatic rings. The second kappa shape index (κ2) is 10.7. The van der Waals surface area contributed by atoms with E-state index in [4.69, 9.17) is 18.9 Å². The topological polar surface area (TPSA) is 129 Å². The molecule has 0 aromatic heterocycles. The number of Topliss-reactive ketones (excluding diaryl/α,β-unsaturated/α-hetero) is 1. The summed E-state index contributed by atoms with van der Waals surface area (Å²) in [5, 5.41) is 11.8. The van der Waals surface area contributed by atoms with Gasteiger partial charge in [0.05, 0.1) is 11.5 Å². The first kappa shape index (κ1) is 31.1. The first-order valence-electron chi connectivity index (χ1n) is 15.0. The summed E-state index contributed by atoms with van der Waals surface area (Å²) in [6.07, 6.45) is -0.327. The van der Waals surface area contributed by atoms with Crippen LogP contribution >= 0.6 is 0 Å². The van der Waals surface area contributed by atoms with Crippen LogP contribution in [-0.4, -0.2) is 64.4 Å². The average molecular weight is 595 g/mol. The molecule has 3 fully saturated rings. The summed E-state index contributed by atoms with van der Waals surface area (Å²) < 4.78 is 24.3. The molecule has 1 aromatic carbocycles. The highest BCUT2D eigenvalue weighted by Gasteiger charge is 2.84. The minimum atomic E-state index is -1.34. The van der Waals surface area contributed by atoms with Gasteiger partial charge in [-0.1, -0.05) is 52.0 Å². The van der Waals surface area contributed by atoms with Crippen LogP contribution in [0.5, 0.6) is 0 Å². The Kier molecular flexibility index (Phi) is 7.75. The third kappa shape index (κ3) is 4.85. The summed E-state index contributed by atoms with van der Waals surface area (Å²) in [4.78, 5) is 53.1. The lowest BCUT2D eigenvalue weighted by molar-refractivity contribution is -0.157. The summed E-state index contributed by atoms with van der Waals surface area (Å²) in [5.41, 5.74) is -2.02. The summed E-state index contributed by atoms with van der Waals surface area (Å²) in [6.45, 7) is 13.9. The van der Waals surface area contributed by atoms with E-state index in [-0.39, 0.29) is 24.0 Å². The van der Waals surface area contributed by atoms with Crippen molar-refractivity contribution in [2.45, 2.75) is 97.4 Å². The fourth-order valence-corrected chi connectivity index (χ4v) is 7.79. The molecule has 10 atom stereocenters. The molecular formula is C34H42O9. The first-order chi connectivity index (χ1) is 20.1. The van der Waals surface area contributed by atoms with Gasteiger partial charge in [0.1, 0.15) is 24.4 Å². The molecule has 0 unspecified atom stereocenters. The van der Waals surface area contributed by atoms with Gasteiger partial charge in [0.15, 0.2) is 17.0 Å². The van der Waals surface area contributed by atoms with Crippen molar-refractivity contribution in [3.8, 4) is 0 Å². The lowest BCUT2D eigenvalue weighted by Crippen LogP contribution is -2.43. The number of hydrogen-bond acceptors (Lipinski definition) is 9. The highest BCUT2D eigenvalue weighted by Crippen LogP contribution is 2.68. The van der Waals surface area contributed by atoms with Crippen LogP contribution in [0.1, 0.15) is 72.2 Å². The number of aliphatic hydroxyl groups is 1. The zero-order valence-electron chi connectivity index (χ0n) is 26.1. The normalized spacial score (nSPS) is 39.6. The monoisotopic (exact) mass is 594 g/mol. The Morgan fingerprint density at radius 1 is 1.00 bits per heavy atom. The maximum atomic E-state index is 14.5. The van der Waals surface area contributed by atoms with Gasteiger partial charge in [-0.2, -0.15) is 0 Å². The average Bonchev–Trinajstić information content (AvgIpc) is 3.76. The van der Waals surface area contributed by atoms with Crippen molar-refractivity contribution >= 4 is 23.7 Å². The van der Waals surface area contributed by atoms with Crippen LogP contribution in [0.3, 0.4) is 0 Å². The van der Waals surface area contributed by atoms with E-state index in [1.54, 1.807) is 70.2 Å². The predicted octanol–water partition coefficient (Wildman–Crippen LogP) is 4.37. The number of esters is 3. The second-order valence-corrected chi connectivity index (χ2v) is 13.4. The van der Waals surface area contributed by atoms with Gasteiger partial charge >= 0.3 is 17.9 Å². The number of fused-ring (bicyclic) bond motifs is 1. The van der Waals surface area contributed by atoms with E-state index in [9.17, 15) is 24.3 Å². The third-order valence-electron chi connectivity index (χ3n) is 10.3. The van der Waals surface area contributed by atoms with Crippen molar-refractivity contribution < 1.29 is 43.2 Å². The smallest absolute Gasteiger partial charge is 0.338 e. The van der Waals surface area contributed by atoms with E-state index in [0.29, 0.717) is 16.7 Å². The van der Waals surface area contributed by atoms with E-state index in [0.717, 1.165) is 0 Å². The molecule has 0 bridgehead atoms. The van der Waals surface area contributed by atoms with E-state index in [2.05, 4.69) is 0 Å². The Hall–Kier alpha value is -3.30. The number of carbonyl (C=O) groups excluding carboxylic acids is 4. The van der Waals surface area contributed by atoms with Gasteiger partial charge in [0.25, 0.3) is 0 Å². The van der Waals surface area contributed by atoms with E-state index in [1.165, 1.54) is 6.92 Å². The number of aliphatic hydroxyl groups excluding tert-OH is 1. The molecule has 3 aliphatic carbocycles. The molecule has 2 saturated carbocycles. The Morgan fingerprint density at radius 3 is 2.23 bits per heavy atom. The molecule has 43 heavy (non-hydrogen) atoms. The maximum absolute atomic E-state index is 14.5. The Balaban J connectivity index is 1.62. The number of ketones is 1. The molecule has 232 valence electrons. The van der Waals surface area contributed by atoms with Gasteiger partial charge < -0.3 is 24.1 Å². The van der Waals surface area contributed by atoms with Gasteiger partial charge in [0.2, 0.25) is 0 Å². The fraction of sp³-hybridized carbons (Fsp3) is 0.588. The summed E-state index contributed by atoms with van der Waals surface area (Å²) >= 11 is 0. The van der Waals surface area contributed by atoms with E-state index < -0.39 is 70.8 Å². The lowest BCUT2D eigenvalue weighted by Gasteiger charge is -2.28. The van der Waals surface area contributed by atoms with Gasteiger partial charge in [-0.05, 0) is 62.3 Å². The van der Waals surface area contributed by atoms with Crippen molar-refractivity contribution in [3.63, 3.8) is 0 Å². The molecule has 1 N–H and O–H groups in total. The summed E-state index contributed by atoms with van der Waals surface area (Å²) in [7, 11) is 0. The van der Waals surface area contributed by atoms with Gasteiger partial charge in [-0.3, -0.25) is 9.59 Å². The lowest BCUT2D eigenvalue weighted by atomic mass is 9.80. The quantitative estimate of drug-likeness (QED) is 0.174. The predicted molar refractivity (Wildman–Crippen MR) is 156 cm³/mol. The first-order valence-corrected chi connectivity index (χ1v) is 15.0. The molecule has 0 spiro atoms. The SMILES string of the molecule is CC=C(C)C(=O)O[C@H]1[C@H]2[C@@H]([C@@H](OC(C)=O)[C@@H](C)C(=O)[C@@]34C[C@@H](C)[C@H](OC(=O)c5ccccc5)[C@]3(C=C(C)[C@H]1O)O4)C2(C)C. The molecular weight excluding hydrogens is 552 g/mol. The largest absolute Gasteiger partial charge is 0.461 e. The molecule has 9 heteroatoms. The van der Waals surface area contributed by atoms with Crippen LogP contribution < -0.4 is 0 Å². The molecule has 1 aromatic rings. The van der Waals surface area contributed by atoms with E-state index >= 15 is 0 Å². The van der Waals surface area contributed by atoms with Crippen molar-refractivity contribution in [3.05, 3.63) is 59.2 Å². The number of rotatable bonds is 5. The number of allylic oxidation sites excluding steroid dienone is 1. The van der Waals surface area contributed by atoms with Crippen molar-refractivity contribution in [1.29, 1.82) is 0 Å². The van der Waals surface area contributed by atoms with Gasteiger partial charge in [0, 0.05) is 24.3 Å². The third-order valence-corrected chi connectivity index (χ3v) is 10.3. The standard InChI is InChI=1S/C34H42O9/c1-9-17(2)30(38)41-27-24-23(32(24,7)8)26(40-21(6)35)20(5)28(37)33-16-19(4)29(34(33,43-33)15-18(3)25(27)36)42-31(39)22-13-11-10-12-14-22/h9-15,19-20,23-27,29,36H,16H2,1-8H3/t19-,20-,23+,24-,25-,26+,27+,29+,33+,34+/m1/s1. The van der Waals surface area contributed by atoms with Gasteiger partial charge in [-0.25, -0.2) is 9.59 Å². The summed E-state index contributed by atoms with van der Waals surface area (Å²) in [5.74, 6) is -3.73. The van der Waals surface area contributed by atoms with Crippen LogP contribution in [0.25, 0.3) is 0 Å². The van der Waals surface area contributed by atoms with Crippen LogP contribution in [0.2, 0.25) is 0 Å². The van der Waals surface area contributed by atoms with Crippen LogP contribution in [0.15, 0.2) is 53.6 Å². The fourth-order valence-electron chi connectivity index (χ4n) is 7.79. The number of ether oxygens (including phenoxy) is 4. The molecule has 5 rings (SSSR count). The van der Waals surface area contributed by atoms with Crippen LogP contribution in [0.4, 0.5) is 0 Å². The molecule has 9 nitrogen and oxygen atoms in total. The number of carbonyl (C=O) groups is 4. The highest BCUT2D eigenvalue weighted by molar-refractivity contribution is 5.96. The van der Waals surface area contributed by atoms with Crippen molar-refractivity contribution in [2.24, 2.45) is 29.1 Å². The van der Waals surface area contributed by atoms with Gasteiger partial charge in [-0.15, -0.1) is 0 Å². The number of benzene rings is 1.